The summed E-state index contributed by atoms with van der Waals surface area (Å²) in [5.74, 6) is 0. The van der Waals surface area contributed by atoms with Crippen LogP contribution < -0.4 is 4.72 Å². The van der Waals surface area contributed by atoms with Crippen LogP contribution in [0.2, 0.25) is 0 Å². The fourth-order valence-electron chi connectivity index (χ4n) is 0.903. The van der Waals surface area contributed by atoms with Crippen LogP contribution in [0.25, 0.3) is 6.08 Å². The lowest BCUT2D eigenvalue weighted by Crippen LogP contribution is -2.09. The van der Waals surface area contributed by atoms with Crippen LogP contribution in [0.5, 0.6) is 0 Å². The van der Waals surface area contributed by atoms with Crippen molar-refractivity contribution in [1.29, 1.82) is 5.26 Å². The summed E-state index contributed by atoms with van der Waals surface area (Å²) in [6.07, 6.45) is 1.26. The Balaban J connectivity index is 3.11. The number of nitrogens with one attached hydrogen (secondary N) is 1. The lowest BCUT2D eigenvalue weighted by atomic mass is 10.2. The number of rotatable bonds is 3. The maximum Gasteiger partial charge on any atom is 0.326 e. The fourth-order valence-corrected chi connectivity index (χ4v) is 1.42. The highest BCUT2D eigenvalue weighted by Gasteiger charge is 2.08. The van der Waals surface area contributed by atoms with E-state index in [0.29, 0.717) is 5.56 Å². The van der Waals surface area contributed by atoms with Crippen molar-refractivity contribution in [2.75, 3.05) is 4.72 Å². The Bertz CT molecular complexity index is 486. The zero-order valence-electron chi connectivity index (χ0n) is 7.14. The molecule has 5 heteroatoms. The molecule has 0 aromatic heterocycles. The normalized spacial score (nSPS) is 10.2. The maximum atomic E-state index is 10.9. The number of nitriles is 1. The number of sulfonamides is 1. The Labute approximate surface area is 82.5 Å². The molecular formula is C9H7N2O2S. The van der Waals surface area contributed by atoms with E-state index in [2.05, 4.69) is 4.72 Å². The van der Waals surface area contributed by atoms with Gasteiger partial charge < -0.3 is 0 Å². The summed E-state index contributed by atoms with van der Waals surface area (Å²) in [5, 5.41) is 9.42. The second-order valence-electron chi connectivity index (χ2n) is 2.45. The summed E-state index contributed by atoms with van der Waals surface area (Å²) in [6, 6.07) is 6.51. The van der Waals surface area contributed by atoms with E-state index >= 15 is 0 Å². The lowest BCUT2D eigenvalue weighted by Gasteiger charge is -2.04. The molecule has 0 aliphatic rings. The van der Waals surface area contributed by atoms with Crippen LogP contribution in [0, 0.1) is 17.2 Å². The van der Waals surface area contributed by atoms with Gasteiger partial charge in [0, 0.05) is 0 Å². The Morgan fingerprint density at radius 3 is 2.64 bits per heavy atom. The average molecular weight is 207 g/mol. The number of nitrogens with zero attached hydrogens (tertiary/aromatic N) is 1. The van der Waals surface area contributed by atoms with E-state index in [1.165, 1.54) is 12.1 Å². The van der Waals surface area contributed by atoms with Gasteiger partial charge in [-0.3, -0.25) is 4.72 Å². The molecule has 0 aliphatic heterocycles. The second-order valence-corrected chi connectivity index (χ2v) is 3.84. The van der Waals surface area contributed by atoms with Crippen molar-refractivity contribution in [2.24, 2.45) is 0 Å². The molecule has 1 aromatic carbocycles. The van der Waals surface area contributed by atoms with Crippen molar-refractivity contribution >= 4 is 21.8 Å². The first-order valence-electron chi connectivity index (χ1n) is 3.66. The van der Waals surface area contributed by atoms with Crippen molar-refractivity contribution < 1.29 is 8.42 Å². The van der Waals surface area contributed by atoms with Gasteiger partial charge in [-0.2, -0.15) is 13.7 Å². The first-order chi connectivity index (χ1) is 6.59. The van der Waals surface area contributed by atoms with Gasteiger partial charge in [-0.05, 0) is 11.6 Å². The van der Waals surface area contributed by atoms with Gasteiger partial charge in [-0.1, -0.05) is 30.9 Å². The van der Waals surface area contributed by atoms with Crippen LogP contribution in [0.1, 0.15) is 5.56 Å². The first-order valence-corrected chi connectivity index (χ1v) is 5.15. The minimum absolute atomic E-state index is 0.288. The van der Waals surface area contributed by atoms with E-state index in [9.17, 15) is 8.42 Å². The van der Waals surface area contributed by atoms with Crippen LogP contribution in [-0.2, 0) is 10.0 Å². The van der Waals surface area contributed by atoms with E-state index < -0.39 is 10.0 Å². The molecule has 71 valence electrons. The number of anilines is 1. The zero-order valence-corrected chi connectivity index (χ0v) is 7.95. The minimum atomic E-state index is -3.93. The predicted molar refractivity (Wildman–Crippen MR) is 53.4 cm³/mol. The van der Waals surface area contributed by atoms with Crippen LogP contribution in [-0.4, -0.2) is 8.42 Å². The molecule has 0 saturated carbocycles. The second kappa shape index (κ2) is 3.94. The van der Waals surface area contributed by atoms with Gasteiger partial charge in [-0.25, -0.2) is 0 Å². The molecule has 0 amide bonds. The van der Waals surface area contributed by atoms with Crippen LogP contribution in [0.15, 0.2) is 24.3 Å². The third kappa shape index (κ3) is 2.34. The highest BCUT2D eigenvalue weighted by molar-refractivity contribution is 7.97. The zero-order chi connectivity index (χ0) is 10.6. The van der Waals surface area contributed by atoms with Crippen LogP contribution in [0.3, 0.4) is 0 Å². The molecular weight excluding hydrogens is 200 g/mol. The Hall–Kier alpha value is -1.80. The molecule has 4 nitrogen and oxygen atoms in total. The van der Waals surface area contributed by atoms with E-state index in [4.69, 9.17) is 11.8 Å². The van der Waals surface area contributed by atoms with Crippen LogP contribution >= 0.6 is 0 Å². The molecule has 1 rings (SSSR count). The Kier molecular flexibility index (Phi) is 2.89. The molecule has 1 radical (unpaired) electrons. The van der Waals surface area contributed by atoms with Gasteiger partial charge in [0.15, 0.2) is 0 Å². The monoisotopic (exact) mass is 207 g/mol. The van der Waals surface area contributed by atoms with Gasteiger partial charge in [0.05, 0.1) is 5.69 Å². The summed E-state index contributed by atoms with van der Waals surface area (Å²) < 4.78 is 23.9. The van der Waals surface area contributed by atoms with Gasteiger partial charge in [0.25, 0.3) is 0 Å². The summed E-state index contributed by atoms with van der Waals surface area (Å²) in [7, 11) is -3.93. The molecule has 0 aliphatic carbocycles. The molecule has 1 aromatic rings. The molecule has 0 heterocycles. The highest BCUT2D eigenvalue weighted by Crippen LogP contribution is 2.16. The number of benzene rings is 1. The lowest BCUT2D eigenvalue weighted by molar-refractivity contribution is 0.610. The van der Waals surface area contributed by atoms with Gasteiger partial charge in [0.2, 0.25) is 5.40 Å². The Morgan fingerprint density at radius 1 is 1.43 bits per heavy atom. The van der Waals surface area contributed by atoms with Crippen molar-refractivity contribution in [1.82, 2.24) is 0 Å². The molecule has 1 N–H and O–H groups in total. The summed E-state index contributed by atoms with van der Waals surface area (Å²) in [4.78, 5) is 0. The smallest absolute Gasteiger partial charge is 0.271 e. The fraction of sp³-hybridized carbons (Fsp3) is 0. The molecule has 0 saturated heterocycles. The summed E-state index contributed by atoms with van der Waals surface area (Å²) in [6.45, 7) is 5.27. The highest BCUT2D eigenvalue weighted by atomic mass is 32.2. The largest absolute Gasteiger partial charge is 0.326 e. The summed E-state index contributed by atoms with van der Waals surface area (Å²) in [5.41, 5.74) is 0.808. The quantitative estimate of drug-likeness (QED) is 0.600. The Morgan fingerprint density at radius 2 is 2.07 bits per heavy atom. The van der Waals surface area contributed by atoms with E-state index in [-0.39, 0.29) is 5.69 Å². The first kappa shape index (κ1) is 10.3. The average Bonchev–Trinajstić information content (AvgIpc) is 2.18. The predicted octanol–water partition coefficient (Wildman–Crippen LogP) is 1.36. The molecule has 0 spiro atoms. The summed E-state index contributed by atoms with van der Waals surface area (Å²) >= 11 is 0. The number of hydrogen-bond donors (Lipinski definition) is 1. The van der Waals surface area contributed by atoms with E-state index in [1.807, 2.05) is 0 Å². The number of para-hydroxylation sites is 1. The van der Waals surface area contributed by atoms with Crippen molar-refractivity contribution in [3.05, 3.63) is 36.4 Å². The molecule has 0 atom stereocenters. The molecule has 0 bridgehead atoms. The maximum absolute atomic E-state index is 10.9. The molecule has 14 heavy (non-hydrogen) atoms. The van der Waals surface area contributed by atoms with Crippen molar-refractivity contribution in [3.63, 3.8) is 0 Å². The molecule has 0 unspecified atom stereocenters. The van der Waals surface area contributed by atoms with E-state index in [0.717, 1.165) is 5.40 Å². The number of thiocyanates is 1. The van der Waals surface area contributed by atoms with Gasteiger partial charge >= 0.3 is 10.0 Å². The number of hydrogen-bond acceptors (Lipinski definition) is 3. The van der Waals surface area contributed by atoms with Gasteiger partial charge in [-0.15, -0.1) is 0 Å². The van der Waals surface area contributed by atoms with Crippen LogP contribution in [0.4, 0.5) is 5.69 Å². The van der Waals surface area contributed by atoms with E-state index in [1.54, 1.807) is 18.2 Å². The van der Waals surface area contributed by atoms with Gasteiger partial charge in [0.1, 0.15) is 0 Å². The third-order valence-corrected chi connectivity index (χ3v) is 2.23. The standard InChI is InChI=1S/C9H7N2O2S/c1-2-8-5-3-4-6-9(8)11-14(12,13)7-10/h1-6,11H. The topological polar surface area (TPSA) is 70.0 Å². The minimum Gasteiger partial charge on any atom is -0.271 e. The van der Waals surface area contributed by atoms with Crippen molar-refractivity contribution in [2.45, 2.75) is 0 Å². The third-order valence-electron chi connectivity index (χ3n) is 1.50. The molecule has 0 fully saturated rings. The SMILES string of the molecule is [CH]=Cc1ccccc1NS(=O)(=O)C#N. The van der Waals surface area contributed by atoms with Crippen molar-refractivity contribution in [3.8, 4) is 5.40 Å².